The van der Waals surface area contributed by atoms with Gasteiger partial charge in [0.05, 0.1) is 5.54 Å². The highest BCUT2D eigenvalue weighted by Gasteiger charge is 2.19. The van der Waals surface area contributed by atoms with Crippen molar-refractivity contribution in [1.82, 2.24) is 20.2 Å². The molecular weight excluding hydrogens is 214 g/mol. The Hall–Kier alpha value is -1.91. The van der Waals surface area contributed by atoms with Gasteiger partial charge >= 0.3 is 0 Å². The van der Waals surface area contributed by atoms with Gasteiger partial charge in [0.1, 0.15) is 0 Å². The van der Waals surface area contributed by atoms with Crippen LogP contribution in [-0.4, -0.2) is 20.2 Å². The number of nitrogens with one attached hydrogen (secondary N) is 1. The zero-order valence-electron chi connectivity index (χ0n) is 10.4. The van der Waals surface area contributed by atoms with Gasteiger partial charge in [0.2, 0.25) is 5.95 Å². The van der Waals surface area contributed by atoms with Crippen molar-refractivity contribution in [2.24, 2.45) is 0 Å². The predicted molar refractivity (Wildman–Crippen MR) is 66.6 cm³/mol. The van der Waals surface area contributed by atoms with Crippen molar-refractivity contribution in [3.63, 3.8) is 0 Å². The first-order chi connectivity index (χ1) is 8.07. The molecule has 1 aromatic heterocycles. The smallest absolute Gasteiger partial charge is 0.243 e. The summed E-state index contributed by atoms with van der Waals surface area (Å²) in [6, 6.07) is 10.2. The van der Waals surface area contributed by atoms with Crippen molar-refractivity contribution in [1.29, 1.82) is 0 Å². The third-order valence-electron chi connectivity index (χ3n) is 2.40. The molecule has 1 aromatic carbocycles. The average Bonchev–Trinajstić information content (AvgIpc) is 2.75. The third kappa shape index (κ3) is 2.81. The Morgan fingerprint density at radius 1 is 1.18 bits per heavy atom. The second-order valence-electron chi connectivity index (χ2n) is 4.92. The van der Waals surface area contributed by atoms with E-state index in [0.29, 0.717) is 5.95 Å². The van der Waals surface area contributed by atoms with Crippen LogP contribution in [0.25, 0.3) is 0 Å². The summed E-state index contributed by atoms with van der Waals surface area (Å²) in [5.41, 5.74) is 1.08. The molecule has 2 aromatic rings. The number of aromatic nitrogens is 4. The first-order valence-electron chi connectivity index (χ1n) is 5.64. The lowest BCUT2D eigenvalue weighted by molar-refractivity contribution is 0.351. The van der Waals surface area contributed by atoms with E-state index in [0.717, 1.165) is 6.54 Å². The van der Waals surface area contributed by atoms with E-state index in [2.05, 4.69) is 53.7 Å². The molecule has 0 saturated heterocycles. The lowest BCUT2D eigenvalue weighted by Gasteiger charge is -2.20. The van der Waals surface area contributed by atoms with Crippen LogP contribution in [0.15, 0.2) is 30.3 Å². The molecule has 17 heavy (non-hydrogen) atoms. The highest BCUT2D eigenvalue weighted by atomic mass is 15.6. The van der Waals surface area contributed by atoms with Gasteiger partial charge in [-0.2, -0.15) is 0 Å². The summed E-state index contributed by atoms with van der Waals surface area (Å²) in [7, 11) is 0. The first-order valence-corrected chi connectivity index (χ1v) is 5.64. The van der Waals surface area contributed by atoms with E-state index < -0.39 is 0 Å². The predicted octanol–water partition coefficient (Wildman–Crippen LogP) is 2.04. The summed E-state index contributed by atoms with van der Waals surface area (Å²) in [4.78, 5) is 0. The lowest BCUT2D eigenvalue weighted by atomic mass is 10.1. The largest absolute Gasteiger partial charge is 0.349 e. The lowest BCUT2D eigenvalue weighted by Crippen LogP contribution is -2.25. The highest BCUT2D eigenvalue weighted by molar-refractivity contribution is 5.27. The minimum Gasteiger partial charge on any atom is -0.349 e. The Morgan fingerprint density at radius 2 is 1.88 bits per heavy atom. The van der Waals surface area contributed by atoms with Crippen molar-refractivity contribution in [3.8, 4) is 0 Å². The van der Waals surface area contributed by atoms with Crippen molar-refractivity contribution in [2.75, 3.05) is 5.32 Å². The minimum atomic E-state index is -0.122. The Kier molecular flexibility index (Phi) is 3.08. The second-order valence-corrected chi connectivity index (χ2v) is 4.92. The quantitative estimate of drug-likeness (QED) is 0.878. The van der Waals surface area contributed by atoms with Gasteiger partial charge in [-0.05, 0) is 36.8 Å². The van der Waals surface area contributed by atoms with Gasteiger partial charge in [-0.15, -0.1) is 0 Å². The van der Waals surface area contributed by atoms with Crippen LogP contribution in [-0.2, 0) is 12.1 Å². The summed E-state index contributed by atoms with van der Waals surface area (Å²) < 4.78 is 1.79. The molecule has 1 heterocycles. The monoisotopic (exact) mass is 231 g/mol. The van der Waals surface area contributed by atoms with E-state index in [4.69, 9.17) is 0 Å². The van der Waals surface area contributed by atoms with Gasteiger partial charge < -0.3 is 5.32 Å². The first kappa shape index (κ1) is 11.6. The summed E-state index contributed by atoms with van der Waals surface area (Å²) >= 11 is 0. The maximum absolute atomic E-state index is 3.99. The van der Waals surface area contributed by atoms with Crippen LogP contribution in [0.1, 0.15) is 26.3 Å². The Labute approximate surface area is 101 Å². The van der Waals surface area contributed by atoms with E-state index >= 15 is 0 Å². The SMILES string of the molecule is CC(C)(C)n1nnnc1NCc1ccccc1. The number of hydrogen-bond acceptors (Lipinski definition) is 4. The van der Waals surface area contributed by atoms with E-state index in [9.17, 15) is 0 Å². The molecule has 5 heteroatoms. The van der Waals surface area contributed by atoms with E-state index in [-0.39, 0.29) is 5.54 Å². The molecule has 0 aliphatic carbocycles. The molecule has 0 fully saturated rings. The zero-order valence-corrected chi connectivity index (χ0v) is 10.4. The van der Waals surface area contributed by atoms with Gasteiger partial charge in [0.25, 0.3) is 0 Å². The molecule has 0 atom stereocenters. The summed E-state index contributed by atoms with van der Waals surface area (Å²) in [6.45, 7) is 6.92. The normalized spacial score (nSPS) is 11.5. The third-order valence-corrected chi connectivity index (χ3v) is 2.40. The van der Waals surface area contributed by atoms with Gasteiger partial charge in [0.15, 0.2) is 0 Å². The number of hydrogen-bond donors (Lipinski definition) is 1. The number of rotatable bonds is 3. The summed E-state index contributed by atoms with van der Waals surface area (Å²) in [6.07, 6.45) is 0. The molecule has 0 aliphatic rings. The van der Waals surface area contributed by atoms with Gasteiger partial charge in [-0.3, -0.25) is 0 Å². The van der Waals surface area contributed by atoms with Crippen molar-refractivity contribution in [2.45, 2.75) is 32.9 Å². The fourth-order valence-electron chi connectivity index (χ4n) is 1.53. The van der Waals surface area contributed by atoms with Gasteiger partial charge in [-0.25, -0.2) is 4.68 Å². The molecular formula is C12H17N5. The zero-order chi connectivity index (χ0) is 12.3. The fraction of sp³-hybridized carbons (Fsp3) is 0.417. The van der Waals surface area contributed by atoms with E-state index in [1.807, 2.05) is 18.2 Å². The molecule has 0 radical (unpaired) electrons. The molecule has 0 bridgehead atoms. The standard InChI is InChI=1S/C12H17N5/c1-12(2,3)17-11(14-15-16-17)13-9-10-7-5-4-6-8-10/h4-8H,9H2,1-3H3,(H,13,14,16). The fourth-order valence-corrected chi connectivity index (χ4v) is 1.53. The maximum Gasteiger partial charge on any atom is 0.243 e. The van der Waals surface area contributed by atoms with Crippen LogP contribution >= 0.6 is 0 Å². The van der Waals surface area contributed by atoms with Crippen LogP contribution < -0.4 is 5.32 Å². The van der Waals surface area contributed by atoms with E-state index in [1.54, 1.807) is 4.68 Å². The second kappa shape index (κ2) is 4.53. The van der Waals surface area contributed by atoms with Crippen LogP contribution in [0.2, 0.25) is 0 Å². The molecule has 0 spiro atoms. The number of tetrazole rings is 1. The van der Waals surface area contributed by atoms with Crippen LogP contribution in [0.3, 0.4) is 0 Å². The number of benzene rings is 1. The van der Waals surface area contributed by atoms with Crippen molar-refractivity contribution in [3.05, 3.63) is 35.9 Å². The summed E-state index contributed by atoms with van der Waals surface area (Å²) in [5, 5.41) is 14.9. The van der Waals surface area contributed by atoms with Crippen molar-refractivity contribution >= 4 is 5.95 Å². The van der Waals surface area contributed by atoms with Crippen LogP contribution in [0, 0.1) is 0 Å². The topological polar surface area (TPSA) is 55.6 Å². The molecule has 1 N–H and O–H groups in total. The number of nitrogens with zero attached hydrogens (tertiary/aromatic N) is 4. The van der Waals surface area contributed by atoms with Crippen LogP contribution in [0.5, 0.6) is 0 Å². The minimum absolute atomic E-state index is 0.122. The van der Waals surface area contributed by atoms with Gasteiger partial charge in [-0.1, -0.05) is 35.4 Å². The Bertz CT molecular complexity index is 469. The van der Waals surface area contributed by atoms with Crippen molar-refractivity contribution < 1.29 is 0 Å². The maximum atomic E-state index is 3.99. The molecule has 0 amide bonds. The molecule has 5 nitrogen and oxygen atoms in total. The van der Waals surface area contributed by atoms with Gasteiger partial charge in [0, 0.05) is 6.54 Å². The molecule has 90 valence electrons. The Balaban J connectivity index is 2.08. The van der Waals surface area contributed by atoms with E-state index in [1.165, 1.54) is 5.56 Å². The Morgan fingerprint density at radius 3 is 2.53 bits per heavy atom. The van der Waals surface area contributed by atoms with Crippen LogP contribution in [0.4, 0.5) is 5.95 Å². The molecule has 0 aliphatic heterocycles. The molecule has 2 rings (SSSR count). The highest BCUT2D eigenvalue weighted by Crippen LogP contribution is 2.16. The molecule has 0 unspecified atom stereocenters. The summed E-state index contributed by atoms with van der Waals surface area (Å²) in [5.74, 6) is 0.696. The molecule has 0 saturated carbocycles. The average molecular weight is 231 g/mol. The number of anilines is 1.